The number of halogens is 1. The molecule has 20 heavy (non-hydrogen) atoms. The molecule has 1 saturated heterocycles. The van der Waals surface area contributed by atoms with Gasteiger partial charge in [-0.2, -0.15) is 0 Å². The van der Waals surface area contributed by atoms with Crippen LogP contribution in [0.2, 0.25) is 0 Å². The standard InChI is InChI=1S/C16H25FN2O/c1-5-13-9-18-16(2,3)11-19(13)10-12-6-7-14(20-4)8-15(12)17/h6-8,13,18H,5,9-11H2,1-4H3. The van der Waals surface area contributed by atoms with Crippen molar-refractivity contribution in [1.82, 2.24) is 10.2 Å². The summed E-state index contributed by atoms with van der Waals surface area (Å²) < 4.78 is 19.1. The second-order valence-electron chi connectivity index (χ2n) is 6.19. The lowest BCUT2D eigenvalue weighted by molar-refractivity contribution is 0.0848. The summed E-state index contributed by atoms with van der Waals surface area (Å²) in [6.07, 6.45) is 1.07. The van der Waals surface area contributed by atoms with Crippen LogP contribution >= 0.6 is 0 Å². The Kier molecular flexibility index (Phi) is 4.66. The van der Waals surface area contributed by atoms with Crippen LogP contribution in [0.5, 0.6) is 5.75 Å². The van der Waals surface area contributed by atoms with Crippen molar-refractivity contribution in [2.75, 3.05) is 20.2 Å². The van der Waals surface area contributed by atoms with Crippen molar-refractivity contribution >= 4 is 0 Å². The van der Waals surface area contributed by atoms with Crippen molar-refractivity contribution in [2.24, 2.45) is 0 Å². The van der Waals surface area contributed by atoms with Crippen LogP contribution in [0.4, 0.5) is 4.39 Å². The Morgan fingerprint density at radius 1 is 1.45 bits per heavy atom. The molecule has 2 rings (SSSR count). The zero-order valence-electron chi connectivity index (χ0n) is 12.9. The molecule has 1 aromatic carbocycles. The van der Waals surface area contributed by atoms with Crippen molar-refractivity contribution < 1.29 is 9.13 Å². The van der Waals surface area contributed by atoms with Gasteiger partial charge in [0.15, 0.2) is 0 Å². The van der Waals surface area contributed by atoms with Gasteiger partial charge in [0, 0.05) is 42.8 Å². The zero-order chi connectivity index (χ0) is 14.8. The van der Waals surface area contributed by atoms with Gasteiger partial charge in [-0.1, -0.05) is 13.0 Å². The topological polar surface area (TPSA) is 24.5 Å². The first-order chi connectivity index (χ1) is 9.45. The molecule has 1 fully saturated rings. The molecular formula is C16H25FN2O. The largest absolute Gasteiger partial charge is 0.497 e. The van der Waals surface area contributed by atoms with Gasteiger partial charge in [-0.25, -0.2) is 4.39 Å². The van der Waals surface area contributed by atoms with E-state index in [1.54, 1.807) is 7.11 Å². The number of nitrogens with zero attached hydrogens (tertiary/aromatic N) is 1. The van der Waals surface area contributed by atoms with E-state index < -0.39 is 0 Å². The third-order valence-corrected chi connectivity index (χ3v) is 4.04. The summed E-state index contributed by atoms with van der Waals surface area (Å²) in [6.45, 7) is 9.10. The average Bonchev–Trinajstić information content (AvgIpc) is 2.40. The fourth-order valence-corrected chi connectivity index (χ4v) is 2.81. The number of nitrogens with one attached hydrogen (secondary N) is 1. The van der Waals surface area contributed by atoms with Crippen LogP contribution in [-0.4, -0.2) is 36.7 Å². The fourth-order valence-electron chi connectivity index (χ4n) is 2.81. The molecule has 1 aliphatic rings. The highest BCUT2D eigenvalue weighted by molar-refractivity contribution is 5.29. The average molecular weight is 280 g/mol. The van der Waals surface area contributed by atoms with E-state index in [2.05, 4.69) is 31.0 Å². The number of hydrogen-bond donors (Lipinski definition) is 1. The predicted molar refractivity (Wildman–Crippen MR) is 79.5 cm³/mol. The summed E-state index contributed by atoms with van der Waals surface area (Å²) in [5, 5.41) is 3.55. The summed E-state index contributed by atoms with van der Waals surface area (Å²) in [4.78, 5) is 2.38. The first-order valence-corrected chi connectivity index (χ1v) is 7.26. The zero-order valence-corrected chi connectivity index (χ0v) is 12.9. The molecule has 1 heterocycles. The van der Waals surface area contributed by atoms with E-state index in [4.69, 9.17) is 4.74 Å². The smallest absolute Gasteiger partial charge is 0.131 e. The Labute approximate surface area is 121 Å². The van der Waals surface area contributed by atoms with Gasteiger partial charge >= 0.3 is 0 Å². The quantitative estimate of drug-likeness (QED) is 0.918. The fraction of sp³-hybridized carbons (Fsp3) is 0.625. The number of hydrogen-bond acceptors (Lipinski definition) is 3. The molecule has 0 saturated carbocycles. The molecule has 0 aliphatic carbocycles. The Morgan fingerprint density at radius 2 is 2.20 bits per heavy atom. The molecule has 0 aromatic heterocycles. The molecule has 1 N–H and O–H groups in total. The normalized spacial score (nSPS) is 22.8. The van der Waals surface area contributed by atoms with Crippen LogP contribution in [0.15, 0.2) is 18.2 Å². The van der Waals surface area contributed by atoms with Gasteiger partial charge in [-0.3, -0.25) is 4.90 Å². The van der Waals surface area contributed by atoms with E-state index >= 15 is 0 Å². The maximum Gasteiger partial charge on any atom is 0.131 e. The van der Waals surface area contributed by atoms with Crippen molar-refractivity contribution in [1.29, 1.82) is 0 Å². The Balaban J connectivity index is 2.14. The van der Waals surface area contributed by atoms with Crippen LogP contribution in [0.25, 0.3) is 0 Å². The molecular weight excluding hydrogens is 255 g/mol. The van der Waals surface area contributed by atoms with Crippen molar-refractivity contribution in [3.05, 3.63) is 29.6 Å². The monoisotopic (exact) mass is 280 g/mol. The molecule has 0 radical (unpaired) electrons. The number of rotatable bonds is 4. The number of benzene rings is 1. The van der Waals surface area contributed by atoms with E-state index in [-0.39, 0.29) is 11.4 Å². The highest BCUT2D eigenvalue weighted by Gasteiger charge is 2.31. The van der Waals surface area contributed by atoms with E-state index in [9.17, 15) is 4.39 Å². The lowest BCUT2D eigenvalue weighted by Crippen LogP contribution is -2.61. The van der Waals surface area contributed by atoms with E-state index in [0.29, 0.717) is 18.3 Å². The van der Waals surface area contributed by atoms with E-state index in [1.165, 1.54) is 6.07 Å². The molecule has 3 nitrogen and oxygen atoms in total. The third-order valence-electron chi connectivity index (χ3n) is 4.04. The second-order valence-corrected chi connectivity index (χ2v) is 6.19. The molecule has 1 aromatic rings. The minimum atomic E-state index is -0.185. The van der Waals surface area contributed by atoms with Gasteiger partial charge in [0.05, 0.1) is 7.11 Å². The molecule has 112 valence electrons. The number of methoxy groups -OCH3 is 1. The van der Waals surface area contributed by atoms with Crippen LogP contribution in [0, 0.1) is 5.82 Å². The molecule has 1 atom stereocenters. The molecule has 0 bridgehead atoms. The van der Waals surface area contributed by atoms with Gasteiger partial charge in [0.25, 0.3) is 0 Å². The van der Waals surface area contributed by atoms with Crippen molar-refractivity contribution in [3.8, 4) is 5.75 Å². The maximum absolute atomic E-state index is 14.1. The van der Waals surface area contributed by atoms with Gasteiger partial charge in [0.2, 0.25) is 0 Å². The lowest BCUT2D eigenvalue weighted by atomic mass is 9.97. The predicted octanol–water partition coefficient (Wildman–Crippen LogP) is 2.80. The minimum Gasteiger partial charge on any atom is -0.497 e. The highest BCUT2D eigenvalue weighted by Crippen LogP contribution is 2.23. The minimum absolute atomic E-state index is 0.0780. The molecule has 1 unspecified atom stereocenters. The third kappa shape index (κ3) is 3.49. The number of ether oxygens (including phenoxy) is 1. The Hall–Kier alpha value is -1.13. The van der Waals surface area contributed by atoms with Crippen molar-refractivity contribution in [2.45, 2.75) is 45.3 Å². The molecule has 0 amide bonds. The van der Waals surface area contributed by atoms with E-state index in [0.717, 1.165) is 25.1 Å². The first-order valence-electron chi connectivity index (χ1n) is 7.26. The highest BCUT2D eigenvalue weighted by atomic mass is 19.1. The van der Waals surface area contributed by atoms with Crippen LogP contribution in [0.3, 0.4) is 0 Å². The van der Waals surface area contributed by atoms with Crippen LogP contribution in [0.1, 0.15) is 32.8 Å². The summed E-state index contributed by atoms with van der Waals surface area (Å²) in [6, 6.07) is 5.58. The SMILES string of the molecule is CCC1CNC(C)(C)CN1Cc1ccc(OC)cc1F. The van der Waals surface area contributed by atoms with Crippen LogP contribution in [-0.2, 0) is 6.54 Å². The molecule has 4 heteroatoms. The second kappa shape index (κ2) is 6.10. The van der Waals surface area contributed by atoms with Gasteiger partial charge in [-0.05, 0) is 26.3 Å². The Bertz CT molecular complexity index is 462. The maximum atomic E-state index is 14.1. The molecule has 0 spiro atoms. The Morgan fingerprint density at radius 3 is 2.80 bits per heavy atom. The number of piperazine rings is 1. The lowest BCUT2D eigenvalue weighted by Gasteiger charge is -2.44. The summed E-state index contributed by atoms with van der Waals surface area (Å²) in [5.74, 6) is 0.384. The summed E-state index contributed by atoms with van der Waals surface area (Å²) in [7, 11) is 1.56. The van der Waals surface area contributed by atoms with Gasteiger partial charge < -0.3 is 10.1 Å². The summed E-state index contributed by atoms with van der Waals surface area (Å²) in [5.41, 5.74) is 0.816. The van der Waals surface area contributed by atoms with Crippen molar-refractivity contribution in [3.63, 3.8) is 0 Å². The van der Waals surface area contributed by atoms with Gasteiger partial charge in [0.1, 0.15) is 11.6 Å². The van der Waals surface area contributed by atoms with E-state index in [1.807, 2.05) is 12.1 Å². The van der Waals surface area contributed by atoms with Gasteiger partial charge in [-0.15, -0.1) is 0 Å². The molecule has 1 aliphatic heterocycles. The summed E-state index contributed by atoms with van der Waals surface area (Å²) >= 11 is 0. The first kappa shape index (κ1) is 15.3. The van der Waals surface area contributed by atoms with Crippen LogP contribution < -0.4 is 10.1 Å².